The molecule has 0 aliphatic heterocycles. The van der Waals surface area contributed by atoms with E-state index in [0.717, 1.165) is 8.97 Å². The van der Waals surface area contributed by atoms with Gasteiger partial charge in [0.05, 0.1) is 56.4 Å². The van der Waals surface area contributed by atoms with Crippen LogP contribution in [0.15, 0.2) is 0 Å². The van der Waals surface area contributed by atoms with Gasteiger partial charge in [-0.3, -0.25) is 0 Å². The lowest BCUT2D eigenvalue weighted by molar-refractivity contribution is -0.849. The lowest BCUT2D eigenvalue weighted by Gasteiger charge is -2.14. The fourth-order valence-corrected chi connectivity index (χ4v) is 0. The van der Waals surface area contributed by atoms with Crippen molar-refractivity contribution in [1.82, 2.24) is 0 Å². The van der Waals surface area contributed by atoms with Gasteiger partial charge in [-0.25, -0.2) is 0 Å². The van der Waals surface area contributed by atoms with Gasteiger partial charge in [-0.15, -0.1) is 0 Å². The molecule has 0 aliphatic rings. The van der Waals surface area contributed by atoms with E-state index in [-0.39, 0.29) is 10.2 Å². The number of hydrogen-bond donors (Lipinski definition) is 0. The Morgan fingerprint density at radius 3 is 0.500 bits per heavy atom. The van der Waals surface area contributed by atoms with Gasteiger partial charge in [0, 0.05) is 0 Å². The highest BCUT2D eigenvalue weighted by Gasteiger charge is 1.88. The summed E-state index contributed by atoms with van der Waals surface area (Å²) >= 11 is 0. The average molecular weight is 184 g/mol. The van der Waals surface area contributed by atoms with Crippen LogP contribution in [-0.2, 0) is 0 Å². The normalized spacial score (nSPS) is 10.0. The van der Waals surface area contributed by atoms with Gasteiger partial charge in [-0.05, 0) is 0 Å². The van der Waals surface area contributed by atoms with Gasteiger partial charge in [0.1, 0.15) is 0 Å². The van der Waals surface area contributed by atoms with Crippen LogP contribution in [0.5, 0.6) is 0 Å². The predicted octanol–water partition coefficient (Wildman–Crippen LogP) is -2.53. The quantitative estimate of drug-likeness (QED) is 0.382. The highest BCUT2D eigenvalue weighted by Crippen LogP contribution is 1.74. The molecule has 0 spiro atoms. The molecular formula is C8H25FN2O. The lowest BCUT2D eigenvalue weighted by Crippen LogP contribution is -3.00. The van der Waals surface area contributed by atoms with Gasteiger partial charge >= 0.3 is 0 Å². The van der Waals surface area contributed by atoms with Crippen LogP contribution in [0.4, 0.5) is 0 Å². The van der Waals surface area contributed by atoms with Crippen molar-refractivity contribution in [2.24, 2.45) is 0 Å². The second-order valence-corrected chi connectivity index (χ2v) is 5.37. The summed E-state index contributed by atoms with van der Waals surface area (Å²) in [6.45, 7) is 0. The van der Waals surface area contributed by atoms with E-state index in [9.17, 15) is 0 Å². The minimum atomic E-state index is 0. The third-order valence-corrected chi connectivity index (χ3v) is 0. The van der Waals surface area contributed by atoms with Crippen LogP contribution in [0.25, 0.3) is 0 Å². The van der Waals surface area contributed by atoms with Crippen molar-refractivity contribution in [2.45, 2.75) is 0 Å². The monoisotopic (exact) mass is 184 g/mol. The molecular weight excluding hydrogens is 159 g/mol. The van der Waals surface area contributed by atoms with E-state index < -0.39 is 0 Å². The van der Waals surface area contributed by atoms with E-state index in [1.807, 2.05) is 0 Å². The van der Waals surface area contributed by atoms with Crippen molar-refractivity contribution in [3.05, 3.63) is 0 Å². The molecule has 0 saturated heterocycles. The Hall–Kier alpha value is -0.190. The molecule has 0 aromatic rings. The fourth-order valence-electron chi connectivity index (χ4n) is 0. The summed E-state index contributed by atoms with van der Waals surface area (Å²) in [5, 5.41) is 0. The van der Waals surface area contributed by atoms with E-state index in [4.69, 9.17) is 0 Å². The summed E-state index contributed by atoms with van der Waals surface area (Å²) in [6.07, 6.45) is 0. The topological polar surface area (TPSA) is 30.0 Å². The van der Waals surface area contributed by atoms with Gasteiger partial charge in [-0.1, -0.05) is 0 Å². The zero-order valence-corrected chi connectivity index (χ0v) is 9.72. The predicted molar refractivity (Wildman–Crippen MR) is 49.8 cm³/mol. The molecule has 0 aromatic carbocycles. The van der Waals surface area contributed by atoms with Gasteiger partial charge in [0.15, 0.2) is 0 Å². The Morgan fingerprint density at radius 2 is 0.500 bits per heavy atom. The molecule has 80 valence electrons. The first-order valence-corrected chi connectivity index (χ1v) is 3.58. The Bertz CT molecular complexity index is 60.0. The lowest BCUT2D eigenvalue weighted by atomic mass is 10.8. The van der Waals surface area contributed by atoms with Crippen molar-refractivity contribution in [3.8, 4) is 0 Å². The molecule has 0 fully saturated rings. The van der Waals surface area contributed by atoms with Gasteiger partial charge < -0.3 is 19.1 Å². The first-order valence-electron chi connectivity index (χ1n) is 3.58. The van der Waals surface area contributed by atoms with Crippen LogP contribution >= 0.6 is 0 Å². The van der Waals surface area contributed by atoms with Gasteiger partial charge in [-0.2, -0.15) is 0 Å². The average Bonchev–Trinajstić information content (AvgIpc) is 1.12. The molecule has 0 rings (SSSR count). The maximum absolute atomic E-state index is 2.12. The maximum atomic E-state index is 2.12. The number of hydrogen-bond acceptors (Lipinski definition) is 1. The second kappa shape index (κ2) is 7.46. The summed E-state index contributed by atoms with van der Waals surface area (Å²) in [4.78, 5) is 0. The van der Waals surface area contributed by atoms with E-state index in [0.29, 0.717) is 0 Å². The van der Waals surface area contributed by atoms with E-state index in [1.54, 1.807) is 0 Å². The molecule has 0 bridgehead atoms. The van der Waals surface area contributed by atoms with Crippen molar-refractivity contribution in [3.63, 3.8) is 0 Å². The molecule has 0 aliphatic carbocycles. The summed E-state index contributed by atoms with van der Waals surface area (Å²) in [5.41, 5.74) is 0. The second-order valence-electron chi connectivity index (χ2n) is 5.37. The van der Waals surface area contributed by atoms with Crippen LogP contribution in [0.3, 0.4) is 0 Å². The molecule has 0 heterocycles. The van der Waals surface area contributed by atoms with E-state index in [2.05, 4.69) is 56.4 Å². The van der Waals surface area contributed by atoms with Crippen LogP contribution in [-0.4, -0.2) is 70.8 Å². The van der Waals surface area contributed by atoms with Crippen LogP contribution in [0, 0.1) is 0 Å². The molecule has 12 heavy (non-hydrogen) atoms. The van der Waals surface area contributed by atoms with E-state index in [1.165, 1.54) is 0 Å². The highest BCUT2D eigenvalue weighted by atomic mass is 19.0. The van der Waals surface area contributed by atoms with Crippen molar-refractivity contribution in [2.75, 3.05) is 56.4 Å². The van der Waals surface area contributed by atoms with Crippen LogP contribution in [0.1, 0.15) is 0 Å². The number of quaternary nitrogens is 2. The molecule has 0 unspecified atom stereocenters. The minimum absolute atomic E-state index is 0. The zero-order chi connectivity index (χ0) is 9.00. The number of rotatable bonds is 0. The fraction of sp³-hybridized carbons (Fsp3) is 1.00. The summed E-state index contributed by atoms with van der Waals surface area (Å²) in [6, 6.07) is 0. The zero-order valence-electron chi connectivity index (χ0n) is 9.72. The smallest absolute Gasteiger partial charge is 0.0675 e. The third kappa shape index (κ3) is 21100. The Morgan fingerprint density at radius 1 is 0.500 bits per heavy atom. The Kier molecular flexibility index (Phi) is 14.1. The Balaban J connectivity index is -0.0000000457. The molecule has 0 aromatic heterocycles. The molecule has 1 N–H and O–H groups in total. The van der Waals surface area contributed by atoms with Crippen LogP contribution in [0.2, 0.25) is 0 Å². The van der Waals surface area contributed by atoms with Gasteiger partial charge in [0.25, 0.3) is 0 Å². The molecule has 0 saturated carbocycles. The Labute approximate surface area is 76.4 Å². The summed E-state index contributed by atoms with van der Waals surface area (Å²) < 4.78 is 2.00. The minimum Gasteiger partial charge on any atom is -1.00 e. The summed E-state index contributed by atoms with van der Waals surface area (Å²) in [7, 11) is 17.0. The largest absolute Gasteiger partial charge is 1.00 e. The molecule has 0 atom stereocenters. The molecule has 0 radical (unpaired) electrons. The molecule has 0 amide bonds. The molecule has 4 heteroatoms. The van der Waals surface area contributed by atoms with E-state index >= 15 is 0 Å². The third-order valence-electron chi connectivity index (χ3n) is 0. The van der Waals surface area contributed by atoms with Crippen molar-refractivity contribution < 1.29 is 19.1 Å². The van der Waals surface area contributed by atoms with Crippen molar-refractivity contribution in [1.29, 1.82) is 0 Å². The standard InChI is InChI=1S/2C4H12N.FH.H2O/c2*1-5(2,3)4;;/h2*1-4H3;1H;1H2/q2*+1;;/p-2. The summed E-state index contributed by atoms with van der Waals surface area (Å²) in [5.74, 6) is 0. The first-order chi connectivity index (χ1) is 4.00. The SMILES string of the molecule is C[N+](C)(C)C.C[N+](C)(C)C.[F-].[OH-]. The molecule has 3 nitrogen and oxygen atoms in total. The van der Waals surface area contributed by atoms with Crippen LogP contribution < -0.4 is 4.70 Å². The van der Waals surface area contributed by atoms with Crippen molar-refractivity contribution >= 4 is 0 Å². The van der Waals surface area contributed by atoms with Gasteiger partial charge in [0.2, 0.25) is 0 Å². The highest BCUT2D eigenvalue weighted by molar-refractivity contribution is 3.87. The first kappa shape index (κ1) is 22.6. The number of nitrogens with zero attached hydrogens (tertiary/aromatic N) is 2. The number of halogens is 1. The maximum Gasteiger partial charge on any atom is 0.0675 e.